The van der Waals surface area contributed by atoms with Gasteiger partial charge in [-0.1, -0.05) is 66.2 Å². The van der Waals surface area contributed by atoms with E-state index in [9.17, 15) is 9.59 Å². The molecule has 3 aromatic carbocycles. The number of carboxylic acids is 1. The van der Waals surface area contributed by atoms with Crippen LogP contribution < -0.4 is 5.69 Å². The van der Waals surface area contributed by atoms with E-state index in [-0.39, 0.29) is 11.7 Å². The summed E-state index contributed by atoms with van der Waals surface area (Å²) in [6.45, 7) is 8.54. The summed E-state index contributed by atoms with van der Waals surface area (Å²) >= 11 is 0. The van der Waals surface area contributed by atoms with Gasteiger partial charge in [-0.15, -0.1) is 0 Å². The number of carboxylic acid groups (broad SMARTS) is 1. The lowest BCUT2D eigenvalue weighted by Crippen LogP contribution is -2.41. The molecule has 0 bridgehead atoms. The molecule has 1 fully saturated rings. The van der Waals surface area contributed by atoms with Gasteiger partial charge in [-0.25, -0.2) is 9.59 Å². The van der Waals surface area contributed by atoms with Gasteiger partial charge in [-0.05, 0) is 101 Å². The smallest absolute Gasteiger partial charge is 0.335 e. The van der Waals surface area contributed by atoms with Crippen molar-refractivity contribution in [3.63, 3.8) is 0 Å². The number of imidazole rings is 1. The summed E-state index contributed by atoms with van der Waals surface area (Å²) < 4.78 is 2.03. The zero-order valence-electron chi connectivity index (χ0n) is 27.1. The van der Waals surface area contributed by atoms with E-state index in [1.165, 1.54) is 5.56 Å². The topological polar surface area (TPSA) is 94.5 Å². The Labute approximate surface area is 271 Å². The summed E-state index contributed by atoms with van der Waals surface area (Å²) in [7, 11) is 2.20. The first kappa shape index (κ1) is 32.9. The number of aromatic carboxylic acids is 1. The van der Waals surface area contributed by atoms with E-state index in [0.717, 1.165) is 79.8 Å². The number of fused-ring (bicyclic) bond motifs is 1. The Balaban J connectivity index is 0.000000322. The molecule has 240 valence electrons. The second-order valence-electron chi connectivity index (χ2n) is 12.5. The monoisotopic (exact) mass is 619 g/mol. The van der Waals surface area contributed by atoms with E-state index in [2.05, 4.69) is 75.3 Å². The molecular formula is C38H45N5O3. The molecular weight excluding hydrogens is 574 g/mol. The first-order chi connectivity index (χ1) is 22.3. The molecule has 1 aliphatic rings. The van der Waals surface area contributed by atoms with Crippen LogP contribution >= 0.6 is 0 Å². The van der Waals surface area contributed by atoms with Crippen molar-refractivity contribution in [3.8, 4) is 0 Å². The SMILES string of the molecule is CN1CCC(n2c(=O)[nH]c3ccccc32)C(CCCN(Cc2ccccc2)Cc2ccccn2)C1.Cc1ccc(C(=O)O)c(C)c1. The van der Waals surface area contributed by atoms with Crippen LogP contribution in [0.15, 0.2) is 102 Å². The Morgan fingerprint density at radius 2 is 1.74 bits per heavy atom. The van der Waals surface area contributed by atoms with Gasteiger partial charge in [0.15, 0.2) is 0 Å². The number of hydrogen-bond donors (Lipinski definition) is 2. The molecule has 0 spiro atoms. The number of para-hydroxylation sites is 2. The van der Waals surface area contributed by atoms with Gasteiger partial charge in [0.05, 0.1) is 22.3 Å². The van der Waals surface area contributed by atoms with Crippen LogP contribution in [-0.4, -0.2) is 62.1 Å². The van der Waals surface area contributed by atoms with Crippen LogP contribution in [0.5, 0.6) is 0 Å². The molecule has 5 aromatic rings. The summed E-state index contributed by atoms with van der Waals surface area (Å²) in [6.07, 6.45) is 5.06. The summed E-state index contributed by atoms with van der Waals surface area (Å²) in [6, 6.07) is 30.4. The second-order valence-corrected chi connectivity index (χ2v) is 12.5. The number of nitrogens with zero attached hydrogens (tertiary/aromatic N) is 4. The number of benzene rings is 3. The Bertz CT molecular complexity index is 1720. The predicted octanol–water partition coefficient (Wildman–Crippen LogP) is 6.70. The van der Waals surface area contributed by atoms with Crippen LogP contribution in [0, 0.1) is 19.8 Å². The number of nitrogens with one attached hydrogen (secondary N) is 1. The highest BCUT2D eigenvalue weighted by atomic mass is 16.4. The molecule has 2 N–H and O–H groups in total. The lowest BCUT2D eigenvalue weighted by molar-refractivity contribution is 0.0696. The fourth-order valence-corrected chi connectivity index (χ4v) is 6.64. The number of aryl methyl sites for hydroxylation is 2. The molecule has 2 aromatic heterocycles. The van der Waals surface area contributed by atoms with Crippen molar-refractivity contribution in [2.75, 3.05) is 26.7 Å². The van der Waals surface area contributed by atoms with Gasteiger partial charge in [-0.2, -0.15) is 0 Å². The van der Waals surface area contributed by atoms with Gasteiger partial charge < -0.3 is 15.0 Å². The number of rotatable bonds is 10. The van der Waals surface area contributed by atoms with Crippen LogP contribution in [0.25, 0.3) is 11.0 Å². The van der Waals surface area contributed by atoms with Crippen LogP contribution in [0.1, 0.15) is 58.0 Å². The van der Waals surface area contributed by atoms with Gasteiger partial charge in [-0.3, -0.25) is 14.5 Å². The third-order valence-corrected chi connectivity index (χ3v) is 8.87. The maximum Gasteiger partial charge on any atom is 0.335 e. The Morgan fingerprint density at radius 1 is 0.978 bits per heavy atom. The van der Waals surface area contributed by atoms with E-state index in [4.69, 9.17) is 5.11 Å². The number of hydrogen-bond acceptors (Lipinski definition) is 5. The molecule has 0 amide bonds. The van der Waals surface area contributed by atoms with Crippen molar-refractivity contribution in [2.24, 2.45) is 5.92 Å². The number of pyridine rings is 1. The first-order valence-electron chi connectivity index (χ1n) is 16.1. The summed E-state index contributed by atoms with van der Waals surface area (Å²) in [4.78, 5) is 36.0. The average Bonchev–Trinajstić information content (AvgIpc) is 3.37. The molecule has 0 radical (unpaired) electrons. The third-order valence-electron chi connectivity index (χ3n) is 8.87. The minimum atomic E-state index is -0.859. The van der Waals surface area contributed by atoms with Crippen molar-refractivity contribution in [3.05, 3.63) is 136 Å². The minimum Gasteiger partial charge on any atom is -0.478 e. The van der Waals surface area contributed by atoms with Crippen LogP contribution in [-0.2, 0) is 13.1 Å². The molecule has 8 heteroatoms. The van der Waals surface area contributed by atoms with E-state index >= 15 is 0 Å². The molecule has 46 heavy (non-hydrogen) atoms. The minimum absolute atomic E-state index is 0.0200. The third kappa shape index (κ3) is 8.59. The number of piperidine rings is 1. The van der Waals surface area contributed by atoms with Crippen molar-refractivity contribution >= 4 is 17.0 Å². The maximum absolute atomic E-state index is 12.9. The van der Waals surface area contributed by atoms with Gasteiger partial charge in [0, 0.05) is 31.9 Å². The highest BCUT2D eigenvalue weighted by Gasteiger charge is 2.31. The van der Waals surface area contributed by atoms with Crippen LogP contribution in [0.4, 0.5) is 0 Å². The zero-order chi connectivity index (χ0) is 32.5. The zero-order valence-corrected chi connectivity index (χ0v) is 27.1. The quantitative estimate of drug-likeness (QED) is 0.181. The first-order valence-corrected chi connectivity index (χ1v) is 16.1. The summed E-state index contributed by atoms with van der Waals surface area (Å²) in [5, 5.41) is 8.66. The normalized spacial score (nSPS) is 16.7. The van der Waals surface area contributed by atoms with Crippen molar-refractivity contribution < 1.29 is 9.90 Å². The highest BCUT2D eigenvalue weighted by molar-refractivity contribution is 5.89. The molecule has 1 saturated heterocycles. The van der Waals surface area contributed by atoms with Crippen LogP contribution in [0.3, 0.4) is 0 Å². The summed E-state index contributed by atoms with van der Waals surface area (Å²) in [5.74, 6) is -0.415. The molecule has 6 rings (SSSR count). The predicted molar refractivity (Wildman–Crippen MR) is 184 cm³/mol. The molecule has 3 heterocycles. The second kappa shape index (κ2) is 15.7. The fourth-order valence-electron chi connectivity index (χ4n) is 6.64. The van der Waals surface area contributed by atoms with Crippen molar-refractivity contribution in [2.45, 2.75) is 52.2 Å². The van der Waals surface area contributed by atoms with Crippen molar-refractivity contribution in [1.29, 1.82) is 0 Å². The number of carbonyl (C=O) groups is 1. The van der Waals surface area contributed by atoms with E-state index < -0.39 is 5.97 Å². The standard InChI is InChI=1S/C29H35N5O.C9H10O2/c1-32-19-16-27(34-28-15-6-5-14-26(28)31-29(34)35)24(21-32)12-9-18-33(20-23-10-3-2-4-11-23)22-25-13-7-8-17-30-25;1-6-3-4-8(9(10)11)7(2)5-6/h2-8,10-11,13-15,17,24,27H,9,12,16,18-22H2,1H3,(H,31,35);3-5H,1-2H3,(H,10,11). The van der Waals surface area contributed by atoms with Crippen LogP contribution in [0.2, 0.25) is 0 Å². The van der Waals surface area contributed by atoms with E-state index in [1.54, 1.807) is 19.1 Å². The van der Waals surface area contributed by atoms with E-state index in [1.807, 2.05) is 48.0 Å². The molecule has 2 atom stereocenters. The van der Waals surface area contributed by atoms with Gasteiger partial charge >= 0.3 is 11.7 Å². The molecule has 0 saturated carbocycles. The Morgan fingerprint density at radius 3 is 2.48 bits per heavy atom. The molecule has 8 nitrogen and oxygen atoms in total. The van der Waals surface area contributed by atoms with Gasteiger partial charge in [0.25, 0.3) is 0 Å². The van der Waals surface area contributed by atoms with Gasteiger partial charge in [0.2, 0.25) is 0 Å². The number of aromatic nitrogens is 3. The maximum atomic E-state index is 12.9. The largest absolute Gasteiger partial charge is 0.478 e. The molecule has 1 aliphatic heterocycles. The number of H-pyrrole nitrogens is 1. The number of aromatic amines is 1. The highest BCUT2D eigenvalue weighted by Crippen LogP contribution is 2.32. The van der Waals surface area contributed by atoms with Gasteiger partial charge in [0.1, 0.15) is 0 Å². The van der Waals surface area contributed by atoms with Crippen molar-refractivity contribution in [1.82, 2.24) is 24.3 Å². The average molecular weight is 620 g/mol. The Hall–Kier alpha value is -4.53. The lowest BCUT2D eigenvalue weighted by atomic mass is 9.88. The van der Waals surface area contributed by atoms with E-state index in [0.29, 0.717) is 11.5 Å². The lowest BCUT2D eigenvalue weighted by Gasteiger charge is -2.38. The molecule has 2 unspecified atom stereocenters. The number of likely N-dealkylation sites (tertiary alicyclic amines) is 1. The summed E-state index contributed by atoms with van der Waals surface area (Å²) in [5.41, 5.74) is 6.69. The molecule has 0 aliphatic carbocycles. The fraction of sp³-hybridized carbons (Fsp3) is 0.342. The Kier molecular flexibility index (Phi) is 11.2.